The Hall–Kier alpha value is -0.470. The lowest BCUT2D eigenvalue weighted by atomic mass is 10.2. The van der Waals surface area contributed by atoms with E-state index in [1.807, 2.05) is 0 Å². The molecule has 0 saturated carbocycles. The highest BCUT2D eigenvalue weighted by Gasteiger charge is 2.13. The Morgan fingerprint density at radius 3 is 2.50 bits per heavy atom. The fourth-order valence-electron chi connectivity index (χ4n) is 0.852. The van der Waals surface area contributed by atoms with Crippen molar-refractivity contribution in [1.82, 2.24) is 0 Å². The molecule has 0 saturated heterocycles. The number of rotatable bonds is 1. The van der Waals surface area contributed by atoms with Crippen molar-refractivity contribution in [2.45, 2.75) is 6.92 Å². The first-order chi connectivity index (χ1) is 5.57. The summed E-state index contributed by atoms with van der Waals surface area (Å²) in [5.41, 5.74) is 0.622. The molecule has 0 aliphatic heterocycles. The Bertz CT molecular complexity index is 312. The van der Waals surface area contributed by atoms with E-state index in [1.165, 1.54) is 13.2 Å². The first-order valence-electron chi connectivity index (χ1n) is 3.26. The highest BCUT2D eigenvalue weighted by Crippen LogP contribution is 2.34. The molecule has 0 N–H and O–H groups in total. The minimum atomic E-state index is -0.543. The summed E-state index contributed by atoms with van der Waals surface area (Å²) in [6.07, 6.45) is 0. The third-order valence-electron chi connectivity index (χ3n) is 1.56. The second-order valence-electron chi connectivity index (χ2n) is 2.31. The van der Waals surface area contributed by atoms with Crippen molar-refractivity contribution in [2.75, 3.05) is 7.11 Å². The summed E-state index contributed by atoms with van der Waals surface area (Å²) in [5.74, 6) is -0.503. The van der Waals surface area contributed by atoms with E-state index < -0.39 is 5.82 Å². The third kappa shape index (κ3) is 1.50. The van der Waals surface area contributed by atoms with Crippen molar-refractivity contribution in [3.63, 3.8) is 0 Å². The van der Waals surface area contributed by atoms with E-state index in [0.29, 0.717) is 10.6 Å². The van der Waals surface area contributed by atoms with Gasteiger partial charge in [-0.15, -0.1) is 0 Å². The van der Waals surface area contributed by atoms with Gasteiger partial charge in [0.05, 0.1) is 12.1 Å². The van der Waals surface area contributed by atoms with Gasteiger partial charge in [0.25, 0.3) is 0 Å². The van der Waals surface area contributed by atoms with E-state index in [4.69, 9.17) is 27.9 Å². The fourth-order valence-corrected chi connectivity index (χ4v) is 1.36. The second-order valence-corrected chi connectivity index (χ2v) is 3.10. The van der Waals surface area contributed by atoms with Crippen LogP contribution in [0.15, 0.2) is 6.07 Å². The van der Waals surface area contributed by atoms with E-state index in [9.17, 15) is 4.39 Å². The molecule has 1 aromatic rings. The average molecular weight is 209 g/mol. The lowest BCUT2D eigenvalue weighted by Gasteiger charge is -2.07. The van der Waals surface area contributed by atoms with E-state index in [0.717, 1.165) is 0 Å². The molecular weight excluding hydrogens is 202 g/mol. The smallest absolute Gasteiger partial charge is 0.173 e. The van der Waals surface area contributed by atoms with Gasteiger partial charge in [0.1, 0.15) is 0 Å². The summed E-state index contributed by atoms with van der Waals surface area (Å²) in [7, 11) is 1.36. The largest absolute Gasteiger partial charge is 0.492 e. The van der Waals surface area contributed by atoms with Gasteiger partial charge >= 0.3 is 0 Å². The molecule has 66 valence electrons. The SMILES string of the molecule is COc1c(F)cc(Cl)c(C)c1Cl. The maximum atomic E-state index is 13.0. The van der Waals surface area contributed by atoms with Gasteiger partial charge in [0, 0.05) is 5.02 Å². The molecule has 0 fully saturated rings. The van der Waals surface area contributed by atoms with Crippen molar-refractivity contribution >= 4 is 23.2 Å². The summed E-state index contributed by atoms with van der Waals surface area (Å²) in [4.78, 5) is 0. The Labute approximate surface area is 80.0 Å². The second kappa shape index (κ2) is 3.50. The Morgan fingerprint density at radius 2 is 2.00 bits per heavy atom. The summed E-state index contributed by atoms with van der Waals surface area (Å²) < 4.78 is 17.7. The molecule has 12 heavy (non-hydrogen) atoms. The van der Waals surface area contributed by atoms with Crippen LogP contribution < -0.4 is 4.74 Å². The predicted octanol–water partition coefficient (Wildman–Crippen LogP) is 3.45. The monoisotopic (exact) mass is 208 g/mol. The van der Waals surface area contributed by atoms with Crippen molar-refractivity contribution in [3.8, 4) is 5.75 Å². The van der Waals surface area contributed by atoms with Crippen LogP contribution in [0.3, 0.4) is 0 Å². The average Bonchev–Trinajstić information content (AvgIpc) is 2.01. The van der Waals surface area contributed by atoms with Gasteiger partial charge in [0.15, 0.2) is 11.6 Å². The normalized spacial score (nSPS) is 10.1. The highest BCUT2D eigenvalue weighted by atomic mass is 35.5. The van der Waals surface area contributed by atoms with Crippen molar-refractivity contribution in [2.24, 2.45) is 0 Å². The molecule has 0 heterocycles. The Morgan fingerprint density at radius 1 is 1.42 bits per heavy atom. The molecule has 0 bridgehead atoms. The van der Waals surface area contributed by atoms with Gasteiger partial charge in [-0.2, -0.15) is 0 Å². The van der Waals surface area contributed by atoms with Crippen LogP contribution in [0.4, 0.5) is 4.39 Å². The summed E-state index contributed by atoms with van der Waals surface area (Å²) in [5, 5.41) is 0.529. The van der Waals surface area contributed by atoms with Gasteiger partial charge in [-0.3, -0.25) is 0 Å². The molecule has 0 radical (unpaired) electrons. The third-order valence-corrected chi connectivity index (χ3v) is 2.41. The highest BCUT2D eigenvalue weighted by molar-refractivity contribution is 6.36. The van der Waals surface area contributed by atoms with Gasteiger partial charge < -0.3 is 4.74 Å². The maximum absolute atomic E-state index is 13.0. The predicted molar refractivity (Wildman–Crippen MR) is 47.7 cm³/mol. The number of methoxy groups -OCH3 is 1. The number of halogens is 3. The molecule has 1 rings (SSSR count). The van der Waals surface area contributed by atoms with E-state index in [2.05, 4.69) is 0 Å². The Balaban J connectivity index is 3.40. The zero-order chi connectivity index (χ0) is 9.30. The fraction of sp³-hybridized carbons (Fsp3) is 0.250. The number of ether oxygens (including phenoxy) is 1. The number of hydrogen-bond acceptors (Lipinski definition) is 1. The molecule has 0 spiro atoms. The minimum Gasteiger partial charge on any atom is -0.492 e. The van der Waals surface area contributed by atoms with Crippen LogP contribution in [-0.2, 0) is 0 Å². The molecule has 1 aromatic carbocycles. The number of hydrogen-bond donors (Lipinski definition) is 0. The van der Waals surface area contributed by atoms with Crippen molar-refractivity contribution in [1.29, 1.82) is 0 Å². The van der Waals surface area contributed by atoms with Crippen LogP contribution in [0.25, 0.3) is 0 Å². The first kappa shape index (κ1) is 9.62. The lowest BCUT2D eigenvalue weighted by molar-refractivity contribution is 0.386. The first-order valence-corrected chi connectivity index (χ1v) is 4.01. The van der Waals surface area contributed by atoms with Crippen LogP contribution in [-0.4, -0.2) is 7.11 Å². The van der Waals surface area contributed by atoms with Crippen molar-refractivity contribution in [3.05, 3.63) is 27.5 Å². The Kier molecular flexibility index (Phi) is 2.80. The van der Waals surface area contributed by atoms with Gasteiger partial charge in [-0.25, -0.2) is 4.39 Å². The van der Waals surface area contributed by atoms with Crippen LogP contribution in [0.1, 0.15) is 5.56 Å². The molecule has 0 atom stereocenters. The standard InChI is InChI=1S/C8H7Cl2FO/c1-4-5(9)3-6(11)8(12-2)7(4)10/h3H,1-2H3. The van der Waals surface area contributed by atoms with Gasteiger partial charge in [-0.05, 0) is 18.6 Å². The molecule has 4 heteroatoms. The molecule has 1 nitrogen and oxygen atoms in total. The molecule has 0 unspecified atom stereocenters. The van der Waals surface area contributed by atoms with Gasteiger partial charge in [-0.1, -0.05) is 23.2 Å². The van der Waals surface area contributed by atoms with Gasteiger partial charge in [0.2, 0.25) is 0 Å². The topological polar surface area (TPSA) is 9.23 Å². The van der Waals surface area contributed by atoms with Crippen molar-refractivity contribution < 1.29 is 9.13 Å². The maximum Gasteiger partial charge on any atom is 0.173 e. The quantitative estimate of drug-likeness (QED) is 0.688. The van der Waals surface area contributed by atoms with E-state index in [-0.39, 0.29) is 10.8 Å². The zero-order valence-corrected chi connectivity index (χ0v) is 8.13. The number of benzene rings is 1. The molecular formula is C8H7Cl2FO. The van der Waals surface area contributed by atoms with Crippen LogP contribution in [0.5, 0.6) is 5.75 Å². The zero-order valence-electron chi connectivity index (χ0n) is 6.62. The summed E-state index contributed by atoms with van der Waals surface area (Å²) >= 11 is 11.4. The lowest BCUT2D eigenvalue weighted by Crippen LogP contribution is -1.91. The van der Waals surface area contributed by atoms with Crippen LogP contribution in [0, 0.1) is 12.7 Å². The van der Waals surface area contributed by atoms with Crippen LogP contribution in [0.2, 0.25) is 10.0 Å². The summed E-state index contributed by atoms with van der Waals surface area (Å²) in [6, 6.07) is 1.18. The van der Waals surface area contributed by atoms with E-state index >= 15 is 0 Å². The molecule has 0 aliphatic carbocycles. The molecule has 0 aliphatic rings. The van der Waals surface area contributed by atoms with E-state index in [1.54, 1.807) is 6.92 Å². The minimum absolute atomic E-state index is 0.0403. The van der Waals surface area contributed by atoms with Crippen LogP contribution >= 0.6 is 23.2 Å². The molecule has 0 amide bonds. The summed E-state index contributed by atoms with van der Waals surface area (Å²) in [6.45, 7) is 1.70. The molecule has 0 aromatic heterocycles.